The minimum Gasteiger partial charge on any atom is -0.310 e. The number of pyridine rings is 1. The van der Waals surface area contributed by atoms with Crippen molar-refractivity contribution >= 4 is 27.7 Å². The average molecular weight is 333 g/mol. The number of aromatic nitrogens is 1. The number of carbonyl (C=O) groups excluding carboxylic acids is 1. The molecular weight excluding hydrogens is 316 g/mol. The topological polar surface area (TPSA) is 42.0 Å². The molecule has 0 saturated heterocycles. The fourth-order valence-electron chi connectivity index (χ4n) is 1.93. The van der Waals surface area contributed by atoms with Gasteiger partial charge < -0.3 is 5.32 Å². The van der Waals surface area contributed by atoms with Crippen molar-refractivity contribution in [1.29, 1.82) is 0 Å². The van der Waals surface area contributed by atoms with Gasteiger partial charge in [-0.2, -0.15) is 0 Å². The maximum absolute atomic E-state index is 11.9. The highest BCUT2D eigenvalue weighted by atomic mass is 79.9. The van der Waals surface area contributed by atoms with Crippen molar-refractivity contribution in [3.8, 4) is 0 Å². The largest absolute Gasteiger partial charge is 0.310 e. The van der Waals surface area contributed by atoms with Crippen LogP contribution in [0.1, 0.15) is 24.5 Å². The molecule has 0 aliphatic carbocycles. The van der Waals surface area contributed by atoms with Gasteiger partial charge in [0.05, 0.1) is 6.42 Å². The van der Waals surface area contributed by atoms with Gasteiger partial charge in [-0.25, -0.2) is 4.98 Å². The molecule has 0 saturated carbocycles. The molecule has 1 heterocycles. The van der Waals surface area contributed by atoms with Crippen LogP contribution in [-0.4, -0.2) is 10.9 Å². The summed E-state index contributed by atoms with van der Waals surface area (Å²) in [5, 5.41) is 2.79. The second kappa shape index (κ2) is 7.20. The molecule has 0 spiro atoms. The number of amides is 1. The Balaban J connectivity index is 1.92. The molecular formula is C16H17BrN2O. The van der Waals surface area contributed by atoms with Gasteiger partial charge in [0.1, 0.15) is 5.82 Å². The van der Waals surface area contributed by atoms with Crippen LogP contribution in [0.2, 0.25) is 0 Å². The van der Waals surface area contributed by atoms with Gasteiger partial charge in [0.25, 0.3) is 0 Å². The van der Waals surface area contributed by atoms with Gasteiger partial charge in [0, 0.05) is 10.7 Å². The Hall–Kier alpha value is -1.68. The van der Waals surface area contributed by atoms with E-state index in [2.05, 4.69) is 45.3 Å². The van der Waals surface area contributed by atoms with Gasteiger partial charge in [-0.05, 0) is 45.6 Å². The summed E-state index contributed by atoms with van der Waals surface area (Å²) < 4.78 is 0.891. The second-order valence-corrected chi connectivity index (χ2v) is 5.57. The standard InChI is InChI=1S/C16H17BrN2O/c1-2-3-12-4-6-13(7-5-12)10-16(20)19-15-9-8-14(17)11-18-15/h4-9,11H,2-3,10H2,1H3,(H,18,19,20). The van der Waals surface area contributed by atoms with Crippen LogP contribution in [0.5, 0.6) is 0 Å². The summed E-state index contributed by atoms with van der Waals surface area (Å²) in [5.74, 6) is 0.517. The van der Waals surface area contributed by atoms with Gasteiger partial charge in [-0.15, -0.1) is 0 Å². The SMILES string of the molecule is CCCc1ccc(CC(=O)Nc2ccc(Br)cn2)cc1. The zero-order chi connectivity index (χ0) is 14.4. The molecule has 0 aliphatic heterocycles. The van der Waals surface area contributed by atoms with Gasteiger partial charge in [0.15, 0.2) is 0 Å². The average Bonchev–Trinajstić information content (AvgIpc) is 2.44. The maximum Gasteiger partial charge on any atom is 0.229 e. The smallest absolute Gasteiger partial charge is 0.229 e. The summed E-state index contributed by atoms with van der Waals surface area (Å²) in [5.41, 5.74) is 2.32. The van der Waals surface area contributed by atoms with E-state index in [0.29, 0.717) is 12.2 Å². The summed E-state index contributed by atoms with van der Waals surface area (Å²) >= 11 is 3.31. The van der Waals surface area contributed by atoms with E-state index >= 15 is 0 Å². The molecule has 0 atom stereocenters. The molecule has 1 aromatic carbocycles. The molecule has 1 amide bonds. The lowest BCUT2D eigenvalue weighted by Crippen LogP contribution is -2.15. The van der Waals surface area contributed by atoms with E-state index in [0.717, 1.165) is 22.9 Å². The summed E-state index contributed by atoms with van der Waals surface area (Å²) in [6.07, 6.45) is 4.24. The zero-order valence-corrected chi connectivity index (χ0v) is 13.0. The third-order valence-corrected chi connectivity index (χ3v) is 3.39. The molecule has 4 heteroatoms. The number of hydrogen-bond donors (Lipinski definition) is 1. The quantitative estimate of drug-likeness (QED) is 0.899. The summed E-state index contributed by atoms with van der Waals surface area (Å²) in [6.45, 7) is 2.16. The molecule has 0 radical (unpaired) electrons. The predicted octanol–water partition coefficient (Wildman–Crippen LogP) is 3.98. The Morgan fingerprint density at radius 3 is 2.45 bits per heavy atom. The van der Waals surface area contributed by atoms with Crippen molar-refractivity contribution < 1.29 is 4.79 Å². The fraction of sp³-hybridized carbons (Fsp3) is 0.250. The molecule has 0 aliphatic rings. The van der Waals surface area contributed by atoms with Crippen LogP contribution in [0.4, 0.5) is 5.82 Å². The summed E-state index contributed by atoms with van der Waals surface area (Å²) in [7, 11) is 0. The van der Waals surface area contributed by atoms with Crippen molar-refractivity contribution in [3.05, 3.63) is 58.2 Å². The number of nitrogens with zero attached hydrogens (tertiary/aromatic N) is 1. The minimum atomic E-state index is -0.0527. The van der Waals surface area contributed by atoms with E-state index in [-0.39, 0.29) is 5.91 Å². The van der Waals surface area contributed by atoms with Crippen LogP contribution in [0.25, 0.3) is 0 Å². The van der Waals surface area contributed by atoms with Gasteiger partial charge in [0.2, 0.25) is 5.91 Å². The first-order valence-corrected chi connectivity index (χ1v) is 7.46. The van der Waals surface area contributed by atoms with Crippen molar-refractivity contribution in [3.63, 3.8) is 0 Å². The van der Waals surface area contributed by atoms with E-state index in [1.807, 2.05) is 18.2 Å². The van der Waals surface area contributed by atoms with E-state index in [1.165, 1.54) is 5.56 Å². The van der Waals surface area contributed by atoms with Crippen LogP contribution in [0, 0.1) is 0 Å². The lowest BCUT2D eigenvalue weighted by Gasteiger charge is -2.05. The molecule has 3 nitrogen and oxygen atoms in total. The van der Waals surface area contributed by atoms with Crippen LogP contribution < -0.4 is 5.32 Å². The third-order valence-electron chi connectivity index (χ3n) is 2.92. The number of benzene rings is 1. The number of halogens is 1. The zero-order valence-electron chi connectivity index (χ0n) is 11.4. The van der Waals surface area contributed by atoms with E-state index < -0.39 is 0 Å². The first-order valence-electron chi connectivity index (χ1n) is 6.66. The van der Waals surface area contributed by atoms with Crippen molar-refractivity contribution in [2.24, 2.45) is 0 Å². The highest BCUT2D eigenvalue weighted by Crippen LogP contribution is 2.11. The Labute approximate surface area is 127 Å². The molecule has 0 fully saturated rings. The van der Waals surface area contributed by atoms with E-state index in [4.69, 9.17) is 0 Å². The van der Waals surface area contributed by atoms with Gasteiger partial charge in [-0.1, -0.05) is 37.6 Å². The van der Waals surface area contributed by atoms with Crippen molar-refractivity contribution in [2.45, 2.75) is 26.2 Å². The van der Waals surface area contributed by atoms with Crippen LogP contribution in [0.15, 0.2) is 47.1 Å². The molecule has 0 bridgehead atoms. The monoisotopic (exact) mass is 332 g/mol. The molecule has 1 N–H and O–H groups in total. The van der Waals surface area contributed by atoms with Gasteiger partial charge in [-0.3, -0.25) is 4.79 Å². The normalized spacial score (nSPS) is 10.3. The maximum atomic E-state index is 11.9. The summed E-state index contributed by atoms with van der Waals surface area (Å²) in [6, 6.07) is 11.8. The molecule has 20 heavy (non-hydrogen) atoms. The Kier molecular flexibility index (Phi) is 5.30. The van der Waals surface area contributed by atoms with Crippen molar-refractivity contribution in [2.75, 3.05) is 5.32 Å². The number of hydrogen-bond acceptors (Lipinski definition) is 2. The van der Waals surface area contributed by atoms with Crippen LogP contribution in [0.3, 0.4) is 0 Å². The van der Waals surface area contributed by atoms with E-state index in [1.54, 1.807) is 12.3 Å². The van der Waals surface area contributed by atoms with Crippen LogP contribution >= 0.6 is 15.9 Å². The third kappa shape index (κ3) is 4.46. The second-order valence-electron chi connectivity index (χ2n) is 4.65. The molecule has 0 unspecified atom stereocenters. The lowest BCUT2D eigenvalue weighted by molar-refractivity contribution is -0.115. The van der Waals surface area contributed by atoms with Gasteiger partial charge >= 0.3 is 0 Å². The molecule has 2 rings (SSSR count). The Morgan fingerprint density at radius 1 is 1.15 bits per heavy atom. The highest BCUT2D eigenvalue weighted by Gasteiger charge is 2.05. The van der Waals surface area contributed by atoms with E-state index in [9.17, 15) is 4.79 Å². The van der Waals surface area contributed by atoms with Crippen LogP contribution in [-0.2, 0) is 17.6 Å². The summed E-state index contributed by atoms with van der Waals surface area (Å²) in [4.78, 5) is 16.0. The number of aryl methyl sites for hydroxylation is 1. The number of anilines is 1. The molecule has 104 valence electrons. The first kappa shape index (κ1) is 14.7. The first-order chi connectivity index (χ1) is 9.67. The molecule has 1 aromatic heterocycles. The fourth-order valence-corrected chi connectivity index (χ4v) is 2.17. The molecule has 2 aromatic rings. The Morgan fingerprint density at radius 2 is 1.85 bits per heavy atom. The number of rotatable bonds is 5. The predicted molar refractivity (Wildman–Crippen MR) is 84.7 cm³/mol. The van der Waals surface area contributed by atoms with Crippen molar-refractivity contribution in [1.82, 2.24) is 4.98 Å². The minimum absolute atomic E-state index is 0.0527. The highest BCUT2D eigenvalue weighted by molar-refractivity contribution is 9.10. The number of carbonyl (C=O) groups is 1. The lowest BCUT2D eigenvalue weighted by atomic mass is 10.1. The Bertz CT molecular complexity index is 564. The number of nitrogens with one attached hydrogen (secondary N) is 1.